The Bertz CT molecular complexity index is 700. The number of para-hydroxylation sites is 1. The van der Waals surface area contributed by atoms with Gasteiger partial charge in [0.25, 0.3) is 0 Å². The van der Waals surface area contributed by atoms with Crippen molar-refractivity contribution in [3.63, 3.8) is 0 Å². The topological polar surface area (TPSA) is 33.3 Å². The molecule has 0 spiro atoms. The number of hydrogen-bond donors (Lipinski definition) is 2. The van der Waals surface area contributed by atoms with Crippen LogP contribution >= 0.6 is 12.2 Å². The van der Waals surface area contributed by atoms with Gasteiger partial charge in [-0.3, -0.25) is 0 Å². The summed E-state index contributed by atoms with van der Waals surface area (Å²) in [5.74, 6) is -0.197. The van der Waals surface area contributed by atoms with Crippen LogP contribution in [0.25, 0.3) is 0 Å². The van der Waals surface area contributed by atoms with Crippen LogP contribution in [0.4, 0.5) is 14.5 Å². The first-order valence-electron chi connectivity index (χ1n) is 8.06. The van der Waals surface area contributed by atoms with Gasteiger partial charge in [0, 0.05) is 0 Å². The van der Waals surface area contributed by atoms with E-state index in [4.69, 9.17) is 17.0 Å². The third-order valence-corrected chi connectivity index (χ3v) is 3.95. The van der Waals surface area contributed by atoms with E-state index in [2.05, 4.69) is 24.5 Å². The molecule has 2 aromatic rings. The highest BCUT2D eigenvalue weighted by molar-refractivity contribution is 7.80. The molecule has 2 rings (SSSR count). The predicted molar refractivity (Wildman–Crippen MR) is 101 cm³/mol. The molecule has 2 N–H and O–H groups in total. The fraction of sp³-hybridized carbons (Fsp3) is 0.316. The number of ether oxygens (including phenoxy) is 1. The number of anilines is 1. The van der Waals surface area contributed by atoms with Gasteiger partial charge in [0.15, 0.2) is 5.11 Å². The highest BCUT2D eigenvalue weighted by atomic mass is 32.1. The fourth-order valence-corrected chi connectivity index (χ4v) is 2.76. The lowest BCUT2D eigenvalue weighted by atomic mass is 9.97. The van der Waals surface area contributed by atoms with Crippen LogP contribution in [0.5, 0.6) is 5.75 Å². The van der Waals surface area contributed by atoms with Crippen LogP contribution in [-0.2, 0) is 0 Å². The Labute approximate surface area is 152 Å². The molecule has 1 atom stereocenters. The molecule has 0 aliphatic rings. The van der Waals surface area contributed by atoms with E-state index in [1.165, 1.54) is 18.2 Å². The summed E-state index contributed by atoms with van der Waals surface area (Å²) in [5, 5.41) is 5.94. The molecule has 0 unspecified atom stereocenters. The molecule has 0 saturated heterocycles. The predicted octanol–water partition coefficient (Wildman–Crippen LogP) is 5.05. The lowest BCUT2D eigenvalue weighted by molar-refractivity contribution is 0.414. The van der Waals surface area contributed by atoms with E-state index in [-0.39, 0.29) is 16.8 Å². The largest absolute Gasteiger partial charge is 0.497 e. The van der Waals surface area contributed by atoms with E-state index in [9.17, 15) is 8.78 Å². The van der Waals surface area contributed by atoms with E-state index in [0.29, 0.717) is 5.92 Å². The number of methoxy groups -OCH3 is 1. The smallest absolute Gasteiger partial charge is 0.171 e. The molecular weight excluding hydrogens is 342 g/mol. The minimum absolute atomic E-state index is 0.0826. The molecule has 0 fully saturated rings. The Balaban J connectivity index is 2.14. The number of hydrogen-bond acceptors (Lipinski definition) is 2. The molecular formula is C19H22F2N2OS. The highest BCUT2D eigenvalue weighted by Gasteiger charge is 2.16. The molecule has 6 heteroatoms. The second-order valence-electron chi connectivity index (χ2n) is 6.15. The Kier molecular flexibility index (Phi) is 6.70. The maximum Gasteiger partial charge on any atom is 0.171 e. The standard InChI is InChI=1S/C19H22F2N2OS/c1-12(2)11-17(13-7-9-14(24-3)10-8-13)22-19(25)23-18-15(20)5-4-6-16(18)21/h4-10,12,17H,11H2,1-3H3,(H2,22,23,25)/t17-/m0/s1. The summed E-state index contributed by atoms with van der Waals surface area (Å²) in [6, 6.07) is 11.2. The SMILES string of the molecule is COc1ccc([C@H](CC(C)C)NC(=S)Nc2c(F)cccc2F)cc1. The van der Waals surface area contributed by atoms with Gasteiger partial charge in [-0.1, -0.05) is 32.0 Å². The van der Waals surface area contributed by atoms with Crippen LogP contribution in [0.15, 0.2) is 42.5 Å². The number of halogens is 2. The minimum atomic E-state index is -0.686. The summed E-state index contributed by atoms with van der Waals surface area (Å²) < 4.78 is 32.7. The maximum atomic E-state index is 13.8. The van der Waals surface area contributed by atoms with Crippen molar-refractivity contribution >= 4 is 23.0 Å². The quantitative estimate of drug-likeness (QED) is 0.703. The average Bonchev–Trinajstić information content (AvgIpc) is 2.57. The zero-order valence-corrected chi connectivity index (χ0v) is 15.3. The van der Waals surface area contributed by atoms with Gasteiger partial charge in [-0.2, -0.15) is 0 Å². The van der Waals surface area contributed by atoms with Crippen LogP contribution in [0, 0.1) is 17.6 Å². The highest BCUT2D eigenvalue weighted by Crippen LogP contribution is 2.24. The molecule has 0 aliphatic heterocycles. The van der Waals surface area contributed by atoms with Crippen molar-refractivity contribution in [2.75, 3.05) is 12.4 Å². The van der Waals surface area contributed by atoms with Crippen molar-refractivity contribution in [2.45, 2.75) is 26.3 Å². The van der Waals surface area contributed by atoms with Gasteiger partial charge < -0.3 is 15.4 Å². The fourth-order valence-electron chi connectivity index (χ4n) is 2.51. The Morgan fingerprint density at radius 3 is 2.20 bits per heavy atom. The summed E-state index contributed by atoms with van der Waals surface area (Å²) in [7, 11) is 1.61. The second-order valence-corrected chi connectivity index (χ2v) is 6.56. The Hall–Kier alpha value is -2.21. The third-order valence-electron chi connectivity index (χ3n) is 3.73. The first-order chi connectivity index (χ1) is 11.9. The van der Waals surface area contributed by atoms with Crippen molar-refractivity contribution in [1.82, 2.24) is 5.32 Å². The molecule has 25 heavy (non-hydrogen) atoms. The van der Waals surface area contributed by atoms with Gasteiger partial charge in [-0.05, 0) is 54.4 Å². The molecule has 134 valence electrons. The summed E-state index contributed by atoms with van der Waals surface area (Å²) in [4.78, 5) is 0. The summed E-state index contributed by atoms with van der Waals surface area (Å²) in [6.07, 6.45) is 0.813. The van der Waals surface area contributed by atoms with E-state index in [1.54, 1.807) is 7.11 Å². The second kappa shape index (κ2) is 8.76. The molecule has 0 aromatic heterocycles. The van der Waals surface area contributed by atoms with Crippen molar-refractivity contribution in [3.05, 3.63) is 59.7 Å². The van der Waals surface area contributed by atoms with Gasteiger partial charge >= 0.3 is 0 Å². The summed E-state index contributed by atoms with van der Waals surface area (Å²) >= 11 is 5.25. The van der Waals surface area contributed by atoms with Crippen molar-refractivity contribution in [2.24, 2.45) is 5.92 Å². The Morgan fingerprint density at radius 1 is 1.08 bits per heavy atom. The minimum Gasteiger partial charge on any atom is -0.497 e. The normalized spacial score (nSPS) is 11.9. The maximum absolute atomic E-state index is 13.8. The molecule has 0 radical (unpaired) electrons. The van der Waals surface area contributed by atoms with E-state index >= 15 is 0 Å². The molecule has 2 aromatic carbocycles. The van der Waals surface area contributed by atoms with Crippen LogP contribution in [0.1, 0.15) is 31.9 Å². The van der Waals surface area contributed by atoms with Gasteiger partial charge in [0.1, 0.15) is 23.1 Å². The molecule has 0 aliphatic carbocycles. The van der Waals surface area contributed by atoms with Crippen molar-refractivity contribution in [3.8, 4) is 5.75 Å². The third kappa shape index (κ3) is 5.39. The zero-order chi connectivity index (χ0) is 18.4. The number of thiocarbonyl (C=S) groups is 1. The molecule has 0 heterocycles. The van der Waals surface area contributed by atoms with Gasteiger partial charge in [0.05, 0.1) is 13.2 Å². The van der Waals surface area contributed by atoms with Crippen LogP contribution in [0.2, 0.25) is 0 Å². The number of nitrogens with one attached hydrogen (secondary N) is 2. The van der Waals surface area contributed by atoms with E-state index < -0.39 is 11.6 Å². The summed E-state index contributed by atoms with van der Waals surface area (Å²) in [5.41, 5.74) is 0.769. The number of benzene rings is 2. The molecule has 0 amide bonds. The summed E-state index contributed by atoms with van der Waals surface area (Å²) in [6.45, 7) is 4.20. The monoisotopic (exact) mass is 364 g/mol. The van der Waals surface area contributed by atoms with Crippen molar-refractivity contribution in [1.29, 1.82) is 0 Å². The van der Waals surface area contributed by atoms with Gasteiger partial charge in [-0.15, -0.1) is 0 Å². The van der Waals surface area contributed by atoms with Crippen LogP contribution in [-0.4, -0.2) is 12.2 Å². The average molecular weight is 364 g/mol. The van der Waals surface area contributed by atoms with Crippen molar-refractivity contribution < 1.29 is 13.5 Å². The van der Waals surface area contributed by atoms with E-state index in [1.807, 2.05) is 24.3 Å². The lowest BCUT2D eigenvalue weighted by Gasteiger charge is -2.23. The molecule has 0 bridgehead atoms. The Morgan fingerprint density at radius 2 is 1.68 bits per heavy atom. The van der Waals surface area contributed by atoms with E-state index in [0.717, 1.165) is 17.7 Å². The zero-order valence-electron chi connectivity index (χ0n) is 14.5. The molecule has 0 saturated carbocycles. The first kappa shape index (κ1) is 19.1. The van der Waals surface area contributed by atoms with Gasteiger partial charge in [0.2, 0.25) is 0 Å². The first-order valence-corrected chi connectivity index (χ1v) is 8.47. The van der Waals surface area contributed by atoms with Crippen LogP contribution in [0.3, 0.4) is 0 Å². The lowest BCUT2D eigenvalue weighted by Crippen LogP contribution is -2.33. The molecule has 3 nitrogen and oxygen atoms in total. The number of rotatable bonds is 6. The van der Waals surface area contributed by atoms with Gasteiger partial charge in [-0.25, -0.2) is 8.78 Å². The van der Waals surface area contributed by atoms with Crippen LogP contribution < -0.4 is 15.4 Å².